The average molecular weight is 478 g/mol. The van der Waals surface area contributed by atoms with E-state index in [9.17, 15) is 9.59 Å². The second-order valence-corrected chi connectivity index (χ2v) is 8.67. The number of nitrogens with two attached hydrogens (primary N) is 1. The summed E-state index contributed by atoms with van der Waals surface area (Å²) in [7, 11) is 0. The number of aromatic nitrogens is 3. The van der Waals surface area contributed by atoms with E-state index in [4.69, 9.17) is 17.4 Å². The Morgan fingerprint density at radius 2 is 1.73 bits per heavy atom. The highest BCUT2D eigenvalue weighted by Crippen LogP contribution is 2.36. The zero-order valence-corrected chi connectivity index (χ0v) is 19.2. The quantitative estimate of drug-likeness (QED) is 0.221. The van der Waals surface area contributed by atoms with E-state index >= 15 is 0 Å². The molecule has 1 amide bonds. The first kappa shape index (κ1) is 22.6. The molecule has 3 aromatic carbocycles. The van der Waals surface area contributed by atoms with Crippen LogP contribution in [0.1, 0.15) is 28.1 Å². The molecular formula is C24H20ClN5O2S. The van der Waals surface area contributed by atoms with Crippen LogP contribution in [-0.2, 0) is 4.79 Å². The van der Waals surface area contributed by atoms with Gasteiger partial charge in [-0.1, -0.05) is 78.0 Å². The number of nitrogen functional groups attached to an aromatic ring is 1. The van der Waals surface area contributed by atoms with Gasteiger partial charge in [0.25, 0.3) is 0 Å². The molecule has 9 heteroatoms. The van der Waals surface area contributed by atoms with Crippen LogP contribution in [0.3, 0.4) is 0 Å². The summed E-state index contributed by atoms with van der Waals surface area (Å²) in [5.74, 6) is 6.31. The van der Waals surface area contributed by atoms with Gasteiger partial charge >= 0.3 is 0 Å². The lowest BCUT2D eigenvalue weighted by Crippen LogP contribution is -2.20. The molecule has 1 atom stereocenters. The lowest BCUT2D eigenvalue weighted by molar-refractivity contribution is -0.115. The fraction of sp³-hybridized carbons (Fsp3) is 0.0833. The standard InChI is InChI=1S/C24H20ClN5O2S/c1-15(31)17-10-7-11-18(14-17)27-23(32)21(16-8-3-2-4-9-16)33-24-29-28-22(30(24)26)19-12-5-6-13-20(19)25/h2-14,21H,26H2,1H3,(H,27,32)/t21-/m1/s1. The van der Waals surface area contributed by atoms with Crippen LogP contribution in [0.25, 0.3) is 11.4 Å². The third kappa shape index (κ3) is 5.08. The molecule has 4 rings (SSSR count). The van der Waals surface area contributed by atoms with E-state index in [0.29, 0.717) is 32.8 Å². The van der Waals surface area contributed by atoms with Crippen LogP contribution in [-0.4, -0.2) is 26.6 Å². The number of thioether (sulfide) groups is 1. The van der Waals surface area contributed by atoms with E-state index in [0.717, 1.165) is 5.56 Å². The molecule has 4 aromatic rings. The second-order valence-electron chi connectivity index (χ2n) is 7.19. The predicted molar refractivity (Wildman–Crippen MR) is 131 cm³/mol. The molecule has 3 N–H and O–H groups in total. The topological polar surface area (TPSA) is 103 Å². The van der Waals surface area contributed by atoms with Crippen molar-refractivity contribution < 1.29 is 9.59 Å². The summed E-state index contributed by atoms with van der Waals surface area (Å²) in [6.45, 7) is 1.48. The zero-order chi connectivity index (χ0) is 23.4. The Morgan fingerprint density at radius 1 is 1.00 bits per heavy atom. The minimum absolute atomic E-state index is 0.0802. The zero-order valence-electron chi connectivity index (χ0n) is 17.6. The van der Waals surface area contributed by atoms with Gasteiger partial charge in [0.15, 0.2) is 11.6 Å². The summed E-state index contributed by atoms with van der Waals surface area (Å²) in [6, 6.07) is 23.3. The fourth-order valence-electron chi connectivity index (χ4n) is 3.21. The maximum absolute atomic E-state index is 13.3. The van der Waals surface area contributed by atoms with Crippen molar-refractivity contribution in [2.75, 3.05) is 11.2 Å². The van der Waals surface area contributed by atoms with Crippen molar-refractivity contribution in [1.29, 1.82) is 0 Å². The maximum atomic E-state index is 13.3. The molecule has 0 unspecified atom stereocenters. The van der Waals surface area contributed by atoms with E-state index in [2.05, 4.69) is 15.5 Å². The molecule has 166 valence electrons. The van der Waals surface area contributed by atoms with Gasteiger partial charge in [0.05, 0.1) is 5.02 Å². The number of amides is 1. The van der Waals surface area contributed by atoms with E-state index in [-0.39, 0.29) is 11.7 Å². The largest absolute Gasteiger partial charge is 0.335 e. The molecule has 0 aliphatic rings. The number of hydrogen-bond acceptors (Lipinski definition) is 6. The van der Waals surface area contributed by atoms with Gasteiger partial charge in [-0.2, -0.15) is 0 Å². The van der Waals surface area contributed by atoms with Crippen molar-refractivity contribution >= 4 is 40.7 Å². The van der Waals surface area contributed by atoms with Crippen LogP contribution >= 0.6 is 23.4 Å². The first-order valence-electron chi connectivity index (χ1n) is 10.0. The SMILES string of the molecule is CC(=O)c1cccc(NC(=O)[C@H](Sc2nnc(-c3ccccc3Cl)n2N)c2ccccc2)c1. The van der Waals surface area contributed by atoms with Crippen LogP contribution in [0.2, 0.25) is 5.02 Å². The van der Waals surface area contributed by atoms with Crippen molar-refractivity contribution in [1.82, 2.24) is 14.9 Å². The number of rotatable bonds is 7. The van der Waals surface area contributed by atoms with Gasteiger partial charge in [0, 0.05) is 16.8 Å². The third-order valence-corrected chi connectivity index (χ3v) is 6.42. The van der Waals surface area contributed by atoms with Crippen molar-refractivity contribution in [3.8, 4) is 11.4 Å². The number of nitrogens with zero attached hydrogens (tertiary/aromatic N) is 3. The number of ketones is 1. The van der Waals surface area contributed by atoms with Gasteiger partial charge < -0.3 is 11.2 Å². The van der Waals surface area contributed by atoms with E-state index < -0.39 is 5.25 Å². The highest BCUT2D eigenvalue weighted by molar-refractivity contribution is 8.00. The predicted octanol–water partition coefficient (Wildman–Crippen LogP) is 4.99. The minimum atomic E-state index is -0.669. The van der Waals surface area contributed by atoms with Crippen LogP contribution in [0.4, 0.5) is 5.69 Å². The first-order chi connectivity index (χ1) is 15.9. The lowest BCUT2D eigenvalue weighted by atomic mass is 10.1. The van der Waals surface area contributed by atoms with E-state index in [1.165, 1.54) is 23.4 Å². The van der Waals surface area contributed by atoms with Gasteiger partial charge in [0.2, 0.25) is 11.1 Å². The summed E-state index contributed by atoms with van der Waals surface area (Å²) < 4.78 is 1.32. The van der Waals surface area contributed by atoms with Crippen LogP contribution in [0, 0.1) is 0 Å². The molecule has 1 heterocycles. The number of halogens is 1. The molecule has 1 aromatic heterocycles. The summed E-state index contributed by atoms with van der Waals surface area (Å²) in [5.41, 5.74) is 2.45. The number of carbonyl (C=O) groups excluding carboxylic acids is 2. The molecule has 0 fully saturated rings. The number of anilines is 1. The highest BCUT2D eigenvalue weighted by atomic mass is 35.5. The average Bonchev–Trinajstić information content (AvgIpc) is 3.18. The number of Topliss-reactive ketones (excluding diaryl/α,β-unsaturated/α-hetero) is 1. The summed E-state index contributed by atoms with van der Waals surface area (Å²) in [5, 5.41) is 11.4. The molecule has 0 radical (unpaired) electrons. The Hall–Kier alpha value is -3.62. The van der Waals surface area contributed by atoms with Crippen LogP contribution < -0.4 is 11.2 Å². The molecule has 7 nitrogen and oxygen atoms in total. The fourth-order valence-corrected chi connectivity index (χ4v) is 4.39. The van der Waals surface area contributed by atoms with Gasteiger partial charge in [-0.25, -0.2) is 4.68 Å². The normalized spacial score (nSPS) is 11.7. The Balaban J connectivity index is 1.64. The van der Waals surface area contributed by atoms with Crippen molar-refractivity contribution in [2.24, 2.45) is 0 Å². The molecule has 33 heavy (non-hydrogen) atoms. The maximum Gasteiger partial charge on any atom is 0.242 e. The van der Waals surface area contributed by atoms with Gasteiger partial charge in [-0.15, -0.1) is 10.2 Å². The van der Waals surface area contributed by atoms with Crippen molar-refractivity contribution in [3.05, 3.63) is 95.0 Å². The Labute approximate surface area is 199 Å². The summed E-state index contributed by atoms with van der Waals surface area (Å²) in [4.78, 5) is 25.0. The van der Waals surface area contributed by atoms with Gasteiger partial charge in [-0.05, 0) is 36.8 Å². The monoisotopic (exact) mass is 477 g/mol. The minimum Gasteiger partial charge on any atom is -0.335 e. The molecular weight excluding hydrogens is 458 g/mol. The number of hydrogen-bond donors (Lipinski definition) is 2. The van der Waals surface area contributed by atoms with Crippen LogP contribution in [0.15, 0.2) is 84.0 Å². The third-order valence-electron chi connectivity index (χ3n) is 4.88. The van der Waals surface area contributed by atoms with Crippen molar-refractivity contribution in [2.45, 2.75) is 17.3 Å². The smallest absolute Gasteiger partial charge is 0.242 e. The highest BCUT2D eigenvalue weighted by Gasteiger charge is 2.26. The first-order valence-corrected chi connectivity index (χ1v) is 11.3. The Bertz CT molecular complexity index is 1310. The molecule has 0 spiro atoms. The molecule has 0 aliphatic heterocycles. The molecule has 0 saturated heterocycles. The van der Waals surface area contributed by atoms with Gasteiger partial charge in [-0.3, -0.25) is 9.59 Å². The van der Waals surface area contributed by atoms with Gasteiger partial charge in [0.1, 0.15) is 5.25 Å². The Morgan fingerprint density at radius 3 is 2.45 bits per heavy atom. The second kappa shape index (κ2) is 9.89. The number of carbonyl (C=O) groups is 2. The lowest BCUT2D eigenvalue weighted by Gasteiger charge is -2.17. The summed E-state index contributed by atoms with van der Waals surface area (Å²) in [6.07, 6.45) is 0. The molecule has 0 bridgehead atoms. The van der Waals surface area contributed by atoms with E-state index in [1.54, 1.807) is 36.4 Å². The Kier molecular flexibility index (Phi) is 6.76. The summed E-state index contributed by atoms with van der Waals surface area (Å²) >= 11 is 7.46. The number of nitrogens with one attached hydrogen (secondary N) is 1. The van der Waals surface area contributed by atoms with Crippen molar-refractivity contribution in [3.63, 3.8) is 0 Å². The number of benzene rings is 3. The van der Waals surface area contributed by atoms with E-state index in [1.807, 2.05) is 42.5 Å². The van der Waals surface area contributed by atoms with Crippen LogP contribution in [0.5, 0.6) is 0 Å². The molecule has 0 aliphatic carbocycles. The molecule has 0 saturated carbocycles.